The Hall–Kier alpha value is -2.47. The van der Waals surface area contributed by atoms with E-state index in [1.165, 1.54) is 17.4 Å². The molecule has 3 aromatic rings. The largest absolute Gasteiger partial charge is 0.345 e. The van der Waals surface area contributed by atoms with E-state index in [0.29, 0.717) is 31.7 Å². The Morgan fingerprint density at radius 3 is 2.58 bits per heavy atom. The van der Waals surface area contributed by atoms with E-state index in [9.17, 15) is 9.18 Å². The molecule has 0 radical (unpaired) electrons. The second-order valence-corrected chi connectivity index (χ2v) is 7.69. The quantitative estimate of drug-likeness (QED) is 0.685. The van der Waals surface area contributed by atoms with Gasteiger partial charge in [0.25, 0.3) is 5.91 Å². The van der Waals surface area contributed by atoms with Gasteiger partial charge < -0.3 is 9.80 Å². The van der Waals surface area contributed by atoms with Crippen LogP contribution in [-0.4, -0.2) is 42.0 Å². The van der Waals surface area contributed by atoms with Crippen LogP contribution in [0.15, 0.2) is 36.4 Å². The number of anilines is 1. The molecule has 0 saturated carbocycles. The van der Waals surface area contributed by atoms with Gasteiger partial charge in [0, 0.05) is 31.7 Å². The first-order valence-electron chi connectivity index (χ1n) is 8.69. The van der Waals surface area contributed by atoms with Crippen molar-refractivity contribution in [2.45, 2.75) is 13.8 Å². The molecule has 0 atom stereocenters. The summed E-state index contributed by atoms with van der Waals surface area (Å²) < 4.78 is 14.7. The Balaban J connectivity index is 1.48. The van der Waals surface area contributed by atoms with Gasteiger partial charge in [0.2, 0.25) is 0 Å². The molecule has 4 rings (SSSR count). The highest BCUT2D eigenvalue weighted by Crippen LogP contribution is 2.30. The summed E-state index contributed by atoms with van der Waals surface area (Å²) in [4.78, 5) is 21.3. The standard InChI is InChI=1S/C20H20FN3OS/c1-13-6-7-15(14(2)12-13)19(25)23-8-10-24(11-9-23)20-22-18-16(21)4-3-5-17(18)26-20/h3-7,12H,8-11H2,1-2H3. The van der Waals surface area contributed by atoms with Gasteiger partial charge in [-0.25, -0.2) is 9.37 Å². The van der Waals surface area contributed by atoms with Crippen LogP contribution in [0.3, 0.4) is 0 Å². The van der Waals surface area contributed by atoms with E-state index in [-0.39, 0.29) is 11.7 Å². The maximum absolute atomic E-state index is 13.9. The number of fused-ring (bicyclic) bond motifs is 1. The highest BCUT2D eigenvalue weighted by molar-refractivity contribution is 7.22. The average Bonchev–Trinajstić information content (AvgIpc) is 3.07. The number of para-hydroxylation sites is 1. The third-order valence-electron chi connectivity index (χ3n) is 4.81. The van der Waals surface area contributed by atoms with Gasteiger partial charge in [0.1, 0.15) is 11.3 Å². The molecule has 1 fully saturated rings. The van der Waals surface area contributed by atoms with E-state index in [2.05, 4.69) is 9.88 Å². The number of rotatable bonds is 2. The van der Waals surface area contributed by atoms with E-state index in [0.717, 1.165) is 26.5 Å². The van der Waals surface area contributed by atoms with Crippen LogP contribution in [0.5, 0.6) is 0 Å². The Kier molecular flexibility index (Phi) is 4.36. The van der Waals surface area contributed by atoms with Crippen molar-refractivity contribution in [2.24, 2.45) is 0 Å². The zero-order valence-corrected chi connectivity index (χ0v) is 15.6. The molecule has 1 aliphatic heterocycles. The lowest BCUT2D eigenvalue weighted by atomic mass is 10.0. The molecule has 0 bridgehead atoms. The minimum absolute atomic E-state index is 0.0810. The summed E-state index contributed by atoms with van der Waals surface area (Å²) in [6, 6.07) is 11.0. The lowest BCUT2D eigenvalue weighted by molar-refractivity contribution is 0.0746. The molecule has 0 N–H and O–H groups in total. The van der Waals surface area contributed by atoms with Crippen LogP contribution >= 0.6 is 11.3 Å². The summed E-state index contributed by atoms with van der Waals surface area (Å²) in [6.07, 6.45) is 0. The zero-order chi connectivity index (χ0) is 18.3. The normalized spacial score (nSPS) is 14.9. The van der Waals surface area contributed by atoms with Crippen molar-refractivity contribution in [1.29, 1.82) is 0 Å². The lowest BCUT2D eigenvalue weighted by Crippen LogP contribution is -2.48. The number of thiazole rings is 1. The van der Waals surface area contributed by atoms with Crippen molar-refractivity contribution in [3.8, 4) is 0 Å². The van der Waals surface area contributed by atoms with Crippen LogP contribution in [0, 0.1) is 19.7 Å². The van der Waals surface area contributed by atoms with Gasteiger partial charge >= 0.3 is 0 Å². The van der Waals surface area contributed by atoms with E-state index in [1.807, 2.05) is 43.0 Å². The first kappa shape index (κ1) is 17.0. The van der Waals surface area contributed by atoms with Gasteiger partial charge in [0.15, 0.2) is 5.13 Å². The molecule has 0 aliphatic carbocycles. The van der Waals surface area contributed by atoms with E-state index < -0.39 is 0 Å². The number of benzene rings is 2. The Labute approximate surface area is 155 Å². The van der Waals surface area contributed by atoms with Crippen molar-refractivity contribution < 1.29 is 9.18 Å². The fourth-order valence-corrected chi connectivity index (χ4v) is 4.39. The summed E-state index contributed by atoms with van der Waals surface area (Å²) in [5.41, 5.74) is 3.37. The van der Waals surface area contributed by atoms with Gasteiger partial charge in [-0.05, 0) is 37.6 Å². The number of carbonyl (C=O) groups excluding carboxylic acids is 1. The number of aromatic nitrogens is 1. The molecule has 2 heterocycles. The Morgan fingerprint density at radius 2 is 1.88 bits per heavy atom. The number of hydrogen-bond acceptors (Lipinski definition) is 4. The fraction of sp³-hybridized carbons (Fsp3) is 0.300. The molecule has 1 saturated heterocycles. The number of carbonyl (C=O) groups is 1. The SMILES string of the molecule is Cc1ccc(C(=O)N2CCN(c3nc4c(F)cccc4s3)CC2)c(C)c1. The molecule has 0 unspecified atom stereocenters. The molecule has 26 heavy (non-hydrogen) atoms. The zero-order valence-electron chi connectivity index (χ0n) is 14.8. The van der Waals surface area contributed by atoms with E-state index in [4.69, 9.17) is 0 Å². The average molecular weight is 369 g/mol. The molecule has 1 amide bonds. The number of aryl methyl sites for hydroxylation is 2. The van der Waals surface area contributed by atoms with Crippen molar-refractivity contribution in [1.82, 2.24) is 9.88 Å². The molecular formula is C20H20FN3OS. The minimum Gasteiger partial charge on any atom is -0.345 e. The third-order valence-corrected chi connectivity index (χ3v) is 5.89. The second kappa shape index (κ2) is 6.68. The van der Waals surface area contributed by atoms with Crippen molar-refractivity contribution in [2.75, 3.05) is 31.1 Å². The summed E-state index contributed by atoms with van der Waals surface area (Å²) in [5.74, 6) is -0.203. The predicted octanol–water partition coefficient (Wildman–Crippen LogP) is 4.01. The molecule has 2 aromatic carbocycles. The summed E-state index contributed by atoms with van der Waals surface area (Å²) >= 11 is 1.50. The van der Waals surface area contributed by atoms with Gasteiger partial charge in [-0.3, -0.25) is 4.79 Å². The van der Waals surface area contributed by atoms with Crippen LogP contribution in [0.4, 0.5) is 9.52 Å². The molecular weight excluding hydrogens is 349 g/mol. The second-order valence-electron chi connectivity index (χ2n) is 6.68. The number of hydrogen-bond donors (Lipinski definition) is 0. The fourth-order valence-electron chi connectivity index (χ4n) is 3.36. The molecule has 1 aromatic heterocycles. The maximum atomic E-state index is 13.9. The van der Waals surface area contributed by atoms with Crippen LogP contribution in [0.25, 0.3) is 10.2 Å². The van der Waals surface area contributed by atoms with Crippen LogP contribution in [0.1, 0.15) is 21.5 Å². The first-order valence-corrected chi connectivity index (χ1v) is 9.51. The van der Waals surface area contributed by atoms with Crippen LogP contribution in [0.2, 0.25) is 0 Å². The van der Waals surface area contributed by atoms with E-state index in [1.54, 1.807) is 6.07 Å². The topological polar surface area (TPSA) is 36.4 Å². The number of nitrogens with zero attached hydrogens (tertiary/aromatic N) is 3. The first-order chi connectivity index (χ1) is 12.5. The highest BCUT2D eigenvalue weighted by atomic mass is 32.1. The molecule has 6 heteroatoms. The molecule has 4 nitrogen and oxygen atoms in total. The predicted molar refractivity (Wildman–Crippen MR) is 104 cm³/mol. The summed E-state index contributed by atoms with van der Waals surface area (Å²) in [5, 5.41) is 0.823. The Morgan fingerprint density at radius 1 is 1.12 bits per heavy atom. The summed E-state index contributed by atoms with van der Waals surface area (Å²) in [7, 11) is 0. The number of piperazine rings is 1. The highest BCUT2D eigenvalue weighted by Gasteiger charge is 2.25. The van der Waals surface area contributed by atoms with E-state index >= 15 is 0 Å². The molecule has 0 spiro atoms. The molecule has 134 valence electrons. The lowest BCUT2D eigenvalue weighted by Gasteiger charge is -2.34. The number of halogens is 1. The Bertz CT molecular complexity index is 976. The van der Waals surface area contributed by atoms with Crippen LogP contribution < -0.4 is 4.90 Å². The maximum Gasteiger partial charge on any atom is 0.254 e. The summed E-state index contributed by atoms with van der Waals surface area (Å²) in [6.45, 7) is 6.71. The van der Waals surface area contributed by atoms with Crippen molar-refractivity contribution in [3.63, 3.8) is 0 Å². The van der Waals surface area contributed by atoms with Crippen LogP contribution in [-0.2, 0) is 0 Å². The van der Waals surface area contributed by atoms with Crippen molar-refractivity contribution in [3.05, 3.63) is 58.9 Å². The van der Waals surface area contributed by atoms with Crippen molar-refractivity contribution >= 4 is 32.6 Å². The van der Waals surface area contributed by atoms with Gasteiger partial charge in [-0.15, -0.1) is 0 Å². The smallest absolute Gasteiger partial charge is 0.254 e. The third kappa shape index (κ3) is 3.05. The van der Waals surface area contributed by atoms with Gasteiger partial charge in [-0.1, -0.05) is 35.1 Å². The van der Waals surface area contributed by atoms with Gasteiger partial charge in [-0.2, -0.15) is 0 Å². The van der Waals surface area contributed by atoms with Gasteiger partial charge in [0.05, 0.1) is 4.70 Å². The molecule has 1 aliphatic rings. The number of amides is 1. The monoisotopic (exact) mass is 369 g/mol. The minimum atomic E-state index is -0.284.